The molecule has 1 saturated heterocycles. The quantitative estimate of drug-likeness (QED) is 0.699. The Labute approximate surface area is 113 Å². The molecule has 0 radical (unpaired) electrons. The first-order valence-electron chi connectivity index (χ1n) is 6.17. The second-order valence-electron chi connectivity index (χ2n) is 4.68. The molecule has 1 unspecified atom stereocenters. The number of nitrogens with zero attached hydrogens (tertiary/aromatic N) is 2. The number of nitrogens with one attached hydrogen (secondary N) is 1. The fourth-order valence-electron chi connectivity index (χ4n) is 2.37. The summed E-state index contributed by atoms with van der Waals surface area (Å²) in [6, 6.07) is 3.28. The van der Waals surface area contributed by atoms with Gasteiger partial charge < -0.3 is 5.73 Å². The largest absolute Gasteiger partial charge is 0.396 e. The van der Waals surface area contributed by atoms with Crippen LogP contribution in [0.5, 0.6) is 0 Å². The molecular formula is C13H12N4O3. The van der Waals surface area contributed by atoms with Crippen molar-refractivity contribution < 1.29 is 9.59 Å². The van der Waals surface area contributed by atoms with Gasteiger partial charge in [-0.2, -0.15) is 0 Å². The van der Waals surface area contributed by atoms with Gasteiger partial charge in [-0.25, -0.2) is 4.98 Å². The van der Waals surface area contributed by atoms with Gasteiger partial charge >= 0.3 is 0 Å². The maximum atomic E-state index is 12.4. The predicted octanol–water partition coefficient (Wildman–Crippen LogP) is -0.203. The topological polar surface area (TPSA) is 107 Å². The molecule has 3 rings (SSSR count). The number of fused-ring (bicyclic) bond motifs is 1. The van der Waals surface area contributed by atoms with Crippen molar-refractivity contribution >= 4 is 23.1 Å². The standard InChI is InChI=1S/C13H12N4O3/c14-9-2-1-5-17-11(9)15-6-8(13(17)20)7-3-4-10(18)16-12(7)19/h1-2,5-7H,3-4,14H2,(H,16,18,19). The van der Waals surface area contributed by atoms with Gasteiger partial charge in [0.2, 0.25) is 11.8 Å². The van der Waals surface area contributed by atoms with E-state index >= 15 is 0 Å². The van der Waals surface area contributed by atoms with Crippen molar-refractivity contribution in [3.63, 3.8) is 0 Å². The second-order valence-corrected chi connectivity index (χ2v) is 4.68. The van der Waals surface area contributed by atoms with Gasteiger partial charge in [0.05, 0.1) is 11.6 Å². The smallest absolute Gasteiger partial charge is 0.261 e. The molecular weight excluding hydrogens is 260 g/mol. The summed E-state index contributed by atoms with van der Waals surface area (Å²) in [6.45, 7) is 0. The van der Waals surface area contributed by atoms with E-state index < -0.39 is 11.8 Å². The van der Waals surface area contributed by atoms with Crippen LogP contribution in [-0.4, -0.2) is 21.2 Å². The van der Waals surface area contributed by atoms with Gasteiger partial charge in [0.1, 0.15) is 0 Å². The predicted molar refractivity (Wildman–Crippen MR) is 71.0 cm³/mol. The van der Waals surface area contributed by atoms with E-state index in [0.29, 0.717) is 17.8 Å². The fourth-order valence-corrected chi connectivity index (χ4v) is 2.37. The summed E-state index contributed by atoms with van der Waals surface area (Å²) in [6.07, 6.45) is 3.45. The van der Waals surface area contributed by atoms with E-state index in [2.05, 4.69) is 10.3 Å². The monoisotopic (exact) mass is 272 g/mol. The summed E-state index contributed by atoms with van der Waals surface area (Å²) in [4.78, 5) is 39.5. The number of anilines is 1. The van der Waals surface area contributed by atoms with Crippen LogP contribution < -0.4 is 16.6 Å². The maximum Gasteiger partial charge on any atom is 0.261 e. The molecule has 3 N–H and O–H groups in total. The lowest BCUT2D eigenvalue weighted by molar-refractivity contribution is -0.134. The van der Waals surface area contributed by atoms with Gasteiger partial charge in [-0.1, -0.05) is 0 Å². The van der Waals surface area contributed by atoms with Crippen LogP contribution in [-0.2, 0) is 9.59 Å². The Hall–Kier alpha value is -2.70. The van der Waals surface area contributed by atoms with Crippen LogP contribution in [0.4, 0.5) is 5.69 Å². The number of carbonyl (C=O) groups is 2. The first-order valence-corrected chi connectivity index (χ1v) is 6.17. The highest BCUT2D eigenvalue weighted by Crippen LogP contribution is 2.22. The Morgan fingerprint density at radius 1 is 1.35 bits per heavy atom. The number of nitrogens with two attached hydrogens (primary N) is 1. The van der Waals surface area contributed by atoms with Crippen molar-refractivity contribution in [2.45, 2.75) is 18.8 Å². The van der Waals surface area contributed by atoms with E-state index in [9.17, 15) is 14.4 Å². The number of imide groups is 1. The molecule has 0 aromatic carbocycles. The average molecular weight is 272 g/mol. The lowest BCUT2D eigenvalue weighted by Gasteiger charge is -2.20. The first kappa shape index (κ1) is 12.3. The minimum absolute atomic E-state index is 0.218. The van der Waals surface area contributed by atoms with Gasteiger partial charge in [-0.15, -0.1) is 0 Å². The summed E-state index contributed by atoms with van der Waals surface area (Å²) < 4.78 is 1.31. The molecule has 20 heavy (non-hydrogen) atoms. The highest BCUT2D eigenvalue weighted by atomic mass is 16.2. The molecule has 1 atom stereocenters. The molecule has 7 nitrogen and oxygen atoms in total. The minimum Gasteiger partial charge on any atom is -0.396 e. The molecule has 3 heterocycles. The molecule has 2 amide bonds. The van der Waals surface area contributed by atoms with Crippen LogP contribution in [0.1, 0.15) is 24.3 Å². The molecule has 0 bridgehead atoms. The number of nitrogen functional groups attached to an aromatic ring is 1. The molecule has 1 aliphatic heterocycles. The Balaban J connectivity index is 2.14. The van der Waals surface area contributed by atoms with Crippen LogP contribution >= 0.6 is 0 Å². The maximum absolute atomic E-state index is 12.4. The van der Waals surface area contributed by atoms with Crippen molar-refractivity contribution in [1.82, 2.24) is 14.7 Å². The molecule has 1 aliphatic rings. The zero-order chi connectivity index (χ0) is 14.3. The van der Waals surface area contributed by atoms with Crippen LogP contribution in [0.2, 0.25) is 0 Å². The number of aromatic nitrogens is 2. The summed E-state index contributed by atoms with van der Waals surface area (Å²) in [5, 5.41) is 2.24. The normalized spacial score (nSPS) is 19.1. The average Bonchev–Trinajstić information content (AvgIpc) is 2.41. The summed E-state index contributed by atoms with van der Waals surface area (Å²) in [5.74, 6) is -1.42. The van der Waals surface area contributed by atoms with Crippen molar-refractivity contribution in [2.24, 2.45) is 0 Å². The Morgan fingerprint density at radius 2 is 2.15 bits per heavy atom. The summed E-state index contributed by atoms with van der Waals surface area (Å²) >= 11 is 0. The molecule has 7 heteroatoms. The number of carbonyl (C=O) groups excluding carboxylic acids is 2. The lowest BCUT2D eigenvalue weighted by Crippen LogP contribution is -2.41. The highest BCUT2D eigenvalue weighted by molar-refractivity contribution is 6.00. The highest BCUT2D eigenvalue weighted by Gasteiger charge is 2.30. The molecule has 0 spiro atoms. The molecule has 0 saturated carbocycles. The number of hydrogen-bond acceptors (Lipinski definition) is 5. The molecule has 2 aromatic rings. The SMILES string of the molecule is Nc1cccn2c(=O)c(C3CCC(=O)NC3=O)cnc12. The third-order valence-corrected chi connectivity index (χ3v) is 3.40. The molecule has 0 aliphatic carbocycles. The van der Waals surface area contributed by atoms with E-state index in [-0.39, 0.29) is 23.5 Å². The third kappa shape index (κ3) is 1.83. The van der Waals surface area contributed by atoms with Crippen molar-refractivity contribution in [3.8, 4) is 0 Å². The third-order valence-electron chi connectivity index (χ3n) is 3.40. The van der Waals surface area contributed by atoms with Gasteiger partial charge in [-0.3, -0.25) is 24.1 Å². The number of amides is 2. The molecule has 102 valence electrons. The Morgan fingerprint density at radius 3 is 2.90 bits per heavy atom. The number of hydrogen-bond donors (Lipinski definition) is 2. The van der Waals surface area contributed by atoms with Gasteiger partial charge in [0.15, 0.2) is 5.65 Å². The Kier molecular flexibility index (Phi) is 2.74. The summed E-state index contributed by atoms with van der Waals surface area (Å²) in [5.41, 5.74) is 6.44. The van der Waals surface area contributed by atoms with Gasteiger partial charge in [0, 0.05) is 24.4 Å². The van der Waals surface area contributed by atoms with E-state index in [0.717, 1.165) is 0 Å². The molecule has 2 aromatic heterocycles. The van der Waals surface area contributed by atoms with Crippen LogP contribution in [0.3, 0.4) is 0 Å². The van der Waals surface area contributed by atoms with Crippen molar-refractivity contribution in [3.05, 3.63) is 40.4 Å². The van der Waals surface area contributed by atoms with E-state index in [1.54, 1.807) is 18.3 Å². The van der Waals surface area contributed by atoms with Gasteiger partial charge in [0.25, 0.3) is 5.56 Å². The fraction of sp³-hybridized carbons (Fsp3) is 0.231. The van der Waals surface area contributed by atoms with Gasteiger partial charge in [-0.05, 0) is 18.6 Å². The minimum atomic E-state index is -0.647. The van der Waals surface area contributed by atoms with E-state index in [1.807, 2.05) is 0 Å². The zero-order valence-electron chi connectivity index (χ0n) is 10.5. The summed E-state index contributed by atoms with van der Waals surface area (Å²) in [7, 11) is 0. The zero-order valence-corrected chi connectivity index (χ0v) is 10.5. The lowest BCUT2D eigenvalue weighted by atomic mass is 9.92. The number of piperidine rings is 1. The van der Waals surface area contributed by atoms with Crippen LogP contribution in [0.25, 0.3) is 5.65 Å². The van der Waals surface area contributed by atoms with Crippen LogP contribution in [0, 0.1) is 0 Å². The second kappa shape index (κ2) is 4.44. The first-order chi connectivity index (χ1) is 9.58. The van der Waals surface area contributed by atoms with E-state index in [4.69, 9.17) is 5.73 Å². The Bertz CT molecular complexity index is 781. The van der Waals surface area contributed by atoms with Crippen molar-refractivity contribution in [2.75, 3.05) is 5.73 Å². The van der Waals surface area contributed by atoms with E-state index in [1.165, 1.54) is 10.6 Å². The number of rotatable bonds is 1. The molecule has 1 fully saturated rings. The van der Waals surface area contributed by atoms with Crippen LogP contribution in [0.15, 0.2) is 29.3 Å². The number of pyridine rings is 1. The van der Waals surface area contributed by atoms with Crippen molar-refractivity contribution in [1.29, 1.82) is 0 Å².